The molecule has 0 fully saturated rings. The summed E-state index contributed by atoms with van der Waals surface area (Å²) in [6.45, 7) is 2.69. The number of carbonyl (C=O) groups is 1. The molecule has 0 aliphatic carbocycles. The standard InChI is InChI=1S/C14H14N2O2S/c1-9-10-5-8-19-12(10)4-7-16(9)14(18)13-11(17)3-2-6-15-13/h2-3,5-6,8-9,17H,4,7H2,1H3. The zero-order valence-corrected chi connectivity index (χ0v) is 11.4. The van der Waals surface area contributed by atoms with Crippen molar-refractivity contribution in [1.29, 1.82) is 0 Å². The van der Waals surface area contributed by atoms with Crippen molar-refractivity contribution in [3.63, 3.8) is 0 Å². The molecule has 98 valence electrons. The number of amides is 1. The Kier molecular flexibility index (Phi) is 2.98. The molecule has 1 unspecified atom stereocenters. The van der Waals surface area contributed by atoms with Gasteiger partial charge in [-0.3, -0.25) is 4.79 Å². The van der Waals surface area contributed by atoms with Gasteiger partial charge in [0.15, 0.2) is 5.69 Å². The Labute approximate surface area is 115 Å². The predicted octanol–water partition coefficient (Wildman–Crippen LogP) is 2.61. The largest absolute Gasteiger partial charge is 0.505 e. The van der Waals surface area contributed by atoms with Crippen molar-refractivity contribution in [1.82, 2.24) is 9.88 Å². The van der Waals surface area contributed by atoms with Crippen molar-refractivity contribution in [2.24, 2.45) is 0 Å². The normalized spacial score (nSPS) is 18.2. The van der Waals surface area contributed by atoms with E-state index in [9.17, 15) is 9.90 Å². The Morgan fingerprint density at radius 1 is 1.53 bits per heavy atom. The van der Waals surface area contributed by atoms with Crippen LogP contribution in [-0.4, -0.2) is 27.4 Å². The molecule has 0 radical (unpaired) electrons. The van der Waals surface area contributed by atoms with Crippen LogP contribution in [-0.2, 0) is 6.42 Å². The van der Waals surface area contributed by atoms with Crippen LogP contribution >= 0.6 is 11.3 Å². The highest BCUT2D eigenvalue weighted by Gasteiger charge is 2.30. The Morgan fingerprint density at radius 3 is 3.16 bits per heavy atom. The summed E-state index contributed by atoms with van der Waals surface area (Å²) in [6, 6.07) is 5.21. The highest BCUT2D eigenvalue weighted by Crippen LogP contribution is 2.34. The van der Waals surface area contributed by atoms with E-state index in [1.54, 1.807) is 22.3 Å². The molecule has 1 atom stereocenters. The Hall–Kier alpha value is -1.88. The van der Waals surface area contributed by atoms with E-state index in [1.807, 2.05) is 6.92 Å². The van der Waals surface area contributed by atoms with E-state index in [4.69, 9.17) is 0 Å². The van der Waals surface area contributed by atoms with Gasteiger partial charge in [-0.25, -0.2) is 4.98 Å². The van der Waals surface area contributed by atoms with Gasteiger partial charge < -0.3 is 10.0 Å². The molecular formula is C14H14N2O2S. The summed E-state index contributed by atoms with van der Waals surface area (Å²) in [6.07, 6.45) is 2.40. The highest BCUT2D eigenvalue weighted by molar-refractivity contribution is 7.10. The van der Waals surface area contributed by atoms with E-state index in [1.165, 1.54) is 22.7 Å². The molecule has 3 heterocycles. The molecule has 3 rings (SSSR count). The van der Waals surface area contributed by atoms with Crippen LogP contribution in [0.15, 0.2) is 29.8 Å². The number of hydrogen-bond donors (Lipinski definition) is 1. The zero-order valence-electron chi connectivity index (χ0n) is 10.5. The molecule has 2 aromatic heterocycles. The SMILES string of the molecule is CC1c2ccsc2CCN1C(=O)c1ncccc1O. The molecule has 2 aromatic rings. The number of aromatic nitrogens is 1. The van der Waals surface area contributed by atoms with Crippen LogP contribution in [0.25, 0.3) is 0 Å². The van der Waals surface area contributed by atoms with Crippen LogP contribution in [0.3, 0.4) is 0 Å². The van der Waals surface area contributed by atoms with Crippen LogP contribution in [0.4, 0.5) is 0 Å². The molecule has 1 amide bonds. The maximum Gasteiger partial charge on any atom is 0.276 e. The van der Waals surface area contributed by atoms with Gasteiger partial charge in [0.05, 0.1) is 6.04 Å². The van der Waals surface area contributed by atoms with E-state index in [-0.39, 0.29) is 23.4 Å². The lowest BCUT2D eigenvalue weighted by Gasteiger charge is -2.33. The van der Waals surface area contributed by atoms with Crippen molar-refractivity contribution in [3.8, 4) is 5.75 Å². The minimum atomic E-state index is -0.206. The van der Waals surface area contributed by atoms with Gasteiger partial charge in [0.25, 0.3) is 5.91 Å². The van der Waals surface area contributed by atoms with Crippen molar-refractivity contribution < 1.29 is 9.90 Å². The van der Waals surface area contributed by atoms with E-state index in [0.717, 1.165) is 6.42 Å². The van der Waals surface area contributed by atoms with Gasteiger partial charge in [0, 0.05) is 17.6 Å². The molecule has 0 saturated heterocycles. The monoisotopic (exact) mass is 274 g/mol. The Morgan fingerprint density at radius 2 is 2.37 bits per heavy atom. The zero-order chi connectivity index (χ0) is 13.4. The first kappa shape index (κ1) is 12.2. The maximum atomic E-state index is 12.5. The molecule has 4 nitrogen and oxygen atoms in total. The second kappa shape index (κ2) is 4.66. The third-order valence-electron chi connectivity index (χ3n) is 3.53. The molecule has 5 heteroatoms. The molecule has 0 aromatic carbocycles. The second-order valence-corrected chi connectivity index (χ2v) is 5.60. The number of hydrogen-bond acceptors (Lipinski definition) is 4. The number of fused-ring (bicyclic) bond motifs is 1. The van der Waals surface area contributed by atoms with Gasteiger partial charge in [0.1, 0.15) is 5.75 Å². The third-order valence-corrected chi connectivity index (χ3v) is 4.52. The first-order valence-corrected chi connectivity index (χ1v) is 7.07. The van der Waals surface area contributed by atoms with Gasteiger partial charge >= 0.3 is 0 Å². The van der Waals surface area contributed by atoms with E-state index in [2.05, 4.69) is 16.4 Å². The molecule has 0 spiro atoms. The summed E-state index contributed by atoms with van der Waals surface area (Å²) in [5, 5.41) is 11.8. The fourth-order valence-electron chi connectivity index (χ4n) is 2.48. The van der Waals surface area contributed by atoms with Gasteiger partial charge in [0.2, 0.25) is 0 Å². The van der Waals surface area contributed by atoms with E-state index < -0.39 is 0 Å². The maximum absolute atomic E-state index is 12.5. The van der Waals surface area contributed by atoms with Crippen LogP contribution < -0.4 is 0 Å². The molecule has 1 aliphatic heterocycles. The first-order valence-electron chi connectivity index (χ1n) is 6.19. The smallest absolute Gasteiger partial charge is 0.276 e. The van der Waals surface area contributed by atoms with Gasteiger partial charge in [-0.2, -0.15) is 0 Å². The van der Waals surface area contributed by atoms with Crippen LogP contribution in [0, 0.1) is 0 Å². The number of carbonyl (C=O) groups excluding carboxylic acids is 1. The number of aromatic hydroxyl groups is 1. The van der Waals surface area contributed by atoms with Gasteiger partial charge in [-0.1, -0.05) is 0 Å². The quantitative estimate of drug-likeness (QED) is 0.869. The molecular weight excluding hydrogens is 260 g/mol. The minimum Gasteiger partial charge on any atom is -0.505 e. The fraction of sp³-hybridized carbons (Fsp3) is 0.286. The Bertz CT molecular complexity index is 623. The number of nitrogens with zero attached hydrogens (tertiary/aromatic N) is 2. The van der Waals surface area contributed by atoms with Crippen LogP contribution in [0.2, 0.25) is 0 Å². The summed E-state index contributed by atoms with van der Waals surface area (Å²) in [5.74, 6) is -0.265. The second-order valence-electron chi connectivity index (χ2n) is 4.59. The predicted molar refractivity (Wildman–Crippen MR) is 73.4 cm³/mol. The lowest BCUT2D eigenvalue weighted by atomic mass is 10.0. The van der Waals surface area contributed by atoms with Gasteiger partial charge in [-0.15, -0.1) is 11.3 Å². The van der Waals surface area contributed by atoms with E-state index >= 15 is 0 Å². The van der Waals surface area contributed by atoms with E-state index in [0.29, 0.717) is 6.54 Å². The third kappa shape index (κ3) is 2.00. The summed E-state index contributed by atoms with van der Waals surface area (Å²) in [4.78, 5) is 19.6. The van der Waals surface area contributed by atoms with Crippen molar-refractivity contribution in [2.75, 3.05) is 6.54 Å². The minimum absolute atomic E-state index is 0.0314. The van der Waals surface area contributed by atoms with Crippen molar-refractivity contribution in [2.45, 2.75) is 19.4 Å². The molecule has 19 heavy (non-hydrogen) atoms. The van der Waals surface area contributed by atoms with Crippen LogP contribution in [0.1, 0.15) is 33.9 Å². The average Bonchev–Trinajstić information content (AvgIpc) is 2.88. The van der Waals surface area contributed by atoms with Gasteiger partial charge in [-0.05, 0) is 42.5 Å². The molecule has 1 aliphatic rings. The average molecular weight is 274 g/mol. The lowest BCUT2D eigenvalue weighted by molar-refractivity contribution is 0.0670. The highest BCUT2D eigenvalue weighted by atomic mass is 32.1. The summed E-state index contributed by atoms with van der Waals surface area (Å²) in [7, 11) is 0. The molecule has 0 saturated carbocycles. The Balaban J connectivity index is 1.92. The number of rotatable bonds is 1. The summed E-state index contributed by atoms with van der Waals surface area (Å²) in [5.41, 5.74) is 1.34. The molecule has 1 N–H and O–H groups in total. The summed E-state index contributed by atoms with van der Waals surface area (Å²) >= 11 is 1.74. The van der Waals surface area contributed by atoms with Crippen LogP contribution in [0.5, 0.6) is 5.75 Å². The number of pyridine rings is 1. The first-order chi connectivity index (χ1) is 9.18. The topological polar surface area (TPSA) is 53.4 Å². The van der Waals surface area contributed by atoms with Crippen molar-refractivity contribution in [3.05, 3.63) is 45.9 Å². The molecule has 0 bridgehead atoms. The number of thiophene rings is 1. The fourth-order valence-corrected chi connectivity index (χ4v) is 3.45. The summed E-state index contributed by atoms with van der Waals surface area (Å²) < 4.78 is 0. The van der Waals surface area contributed by atoms with Crippen molar-refractivity contribution >= 4 is 17.2 Å². The lowest BCUT2D eigenvalue weighted by Crippen LogP contribution is -2.38.